The summed E-state index contributed by atoms with van der Waals surface area (Å²) in [6.45, 7) is 6.04. The van der Waals surface area contributed by atoms with Crippen LogP contribution in [0.1, 0.15) is 26.5 Å². The minimum atomic E-state index is -0.193. The third-order valence-electron chi connectivity index (χ3n) is 2.35. The van der Waals surface area contributed by atoms with Crippen molar-refractivity contribution in [2.24, 2.45) is 5.18 Å². The molecular formula is C11H12BrN3O. The van der Waals surface area contributed by atoms with Crippen LogP contribution < -0.4 is 0 Å². The number of aromatic nitrogens is 2. The Morgan fingerprint density at radius 3 is 2.62 bits per heavy atom. The Labute approximate surface area is 102 Å². The van der Waals surface area contributed by atoms with Crippen LogP contribution in [0.5, 0.6) is 0 Å². The Bertz CT molecular complexity index is 554. The Morgan fingerprint density at radius 1 is 1.38 bits per heavy atom. The van der Waals surface area contributed by atoms with E-state index in [1.54, 1.807) is 10.6 Å². The number of pyridine rings is 1. The minimum absolute atomic E-state index is 0.193. The lowest BCUT2D eigenvalue weighted by Gasteiger charge is -2.14. The molecule has 0 fully saturated rings. The first kappa shape index (κ1) is 11.3. The van der Waals surface area contributed by atoms with Gasteiger partial charge in [0.25, 0.3) is 0 Å². The highest BCUT2D eigenvalue weighted by Crippen LogP contribution is 2.32. The first-order valence-electron chi connectivity index (χ1n) is 4.95. The third-order valence-corrected chi connectivity index (χ3v) is 2.82. The average molecular weight is 282 g/mol. The maximum Gasteiger partial charge on any atom is 0.205 e. The van der Waals surface area contributed by atoms with Gasteiger partial charge in [-0.2, -0.15) is 0 Å². The summed E-state index contributed by atoms with van der Waals surface area (Å²) in [7, 11) is 0. The van der Waals surface area contributed by atoms with E-state index in [4.69, 9.17) is 0 Å². The Kier molecular flexibility index (Phi) is 2.58. The lowest BCUT2D eigenvalue weighted by molar-refractivity contribution is 0.574. The summed E-state index contributed by atoms with van der Waals surface area (Å²) >= 11 is 3.36. The summed E-state index contributed by atoms with van der Waals surface area (Å²) in [6.07, 6.45) is 1.80. The number of imidazole rings is 1. The molecule has 0 radical (unpaired) electrons. The topological polar surface area (TPSA) is 46.7 Å². The van der Waals surface area contributed by atoms with E-state index in [0.717, 1.165) is 15.8 Å². The van der Waals surface area contributed by atoms with Crippen molar-refractivity contribution in [1.82, 2.24) is 9.38 Å². The molecule has 0 aliphatic rings. The maximum absolute atomic E-state index is 10.9. The van der Waals surface area contributed by atoms with Gasteiger partial charge in [0, 0.05) is 16.1 Å². The van der Waals surface area contributed by atoms with Crippen molar-refractivity contribution in [3.05, 3.63) is 33.4 Å². The van der Waals surface area contributed by atoms with Gasteiger partial charge in [0.05, 0.1) is 5.69 Å². The molecule has 2 rings (SSSR count). The molecule has 0 saturated heterocycles. The van der Waals surface area contributed by atoms with Gasteiger partial charge in [-0.3, -0.25) is 4.40 Å². The normalized spacial score (nSPS) is 12.0. The van der Waals surface area contributed by atoms with Crippen LogP contribution in [0, 0.1) is 4.91 Å². The number of hydrogen-bond donors (Lipinski definition) is 0. The molecule has 16 heavy (non-hydrogen) atoms. The van der Waals surface area contributed by atoms with Crippen LogP contribution in [0.3, 0.4) is 0 Å². The average Bonchev–Trinajstić information content (AvgIpc) is 2.54. The van der Waals surface area contributed by atoms with Gasteiger partial charge >= 0.3 is 0 Å². The zero-order chi connectivity index (χ0) is 11.9. The predicted octanol–water partition coefficient (Wildman–Crippen LogP) is 3.79. The molecule has 84 valence electrons. The van der Waals surface area contributed by atoms with Gasteiger partial charge in [-0.1, -0.05) is 20.8 Å². The number of nitrogens with zero attached hydrogens (tertiary/aromatic N) is 3. The van der Waals surface area contributed by atoms with Crippen LogP contribution in [0.2, 0.25) is 0 Å². The molecule has 0 amide bonds. The monoisotopic (exact) mass is 281 g/mol. The number of fused-ring (bicyclic) bond motifs is 1. The highest BCUT2D eigenvalue weighted by molar-refractivity contribution is 9.10. The van der Waals surface area contributed by atoms with Gasteiger partial charge in [-0.15, -0.1) is 4.91 Å². The number of halogens is 1. The van der Waals surface area contributed by atoms with Gasteiger partial charge < -0.3 is 0 Å². The second-order valence-electron chi connectivity index (χ2n) is 4.70. The van der Waals surface area contributed by atoms with Crippen molar-refractivity contribution in [2.45, 2.75) is 26.2 Å². The van der Waals surface area contributed by atoms with Crippen LogP contribution in [-0.4, -0.2) is 9.38 Å². The fraction of sp³-hybridized carbons (Fsp3) is 0.364. The van der Waals surface area contributed by atoms with Crippen molar-refractivity contribution in [1.29, 1.82) is 0 Å². The van der Waals surface area contributed by atoms with Gasteiger partial charge in [0.2, 0.25) is 5.82 Å². The standard InChI is InChI=1S/C11H12BrN3O/c1-11(2,3)9-10(14-16)15-6-7(12)4-5-8(15)13-9/h4-6H,1-3H3. The highest BCUT2D eigenvalue weighted by Gasteiger charge is 2.24. The second-order valence-corrected chi connectivity index (χ2v) is 5.62. The Hall–Kier alpha value is -1.23. The summed E-state index contributed by atoms with van der Waals surface area (Å²) in [5.74, 6) is 0.379. The molecule has 0 unspecified atom stereocenters. The van der Waals surface area contributed by atoms with Crippen LogP contribution in [0.25, 0.3) is 5.65 Å². The molecule has 4 nitrogen and oxygen atoms in total. The van der Waals surface area contributed by atoms with Gasteiger partial charge in [-0.05, 0) is 33.2 Å². The molecule has 2 aromatic heterocycles. The van der Waals surface area contributed by atoms with Crippen LogP contribution in [0.15, 0.2) is 28.0 Å². The van der Waals surface area contributed by atoms with E-state index in [0.29, 0.717) is 5.82 Å². The molecule has 2 heterocycles. The number of nitroso groups, excluding NO2 is 1. The first-order chi connectivity index (χ1) is 7.43. The molecular weight excluding hydrogens is 270 g/mol. The van der Waals surface area contributed by atoms with E-state index in [2.05, 4.69) is 26.1 Å². The van der Waals surface area contributed by atoms with Crippen molar-refractivity contribution in [3.8, 4) is 0 Å². The molecule has 0 aliphatic carbocycles. The predicted molar refractivity (Wildman–Crippen MR) is 67.0 cm³/mol. The summed E-state index contributed by atoms with van der Waals surface area (Å²) in [5, 5.41) is 3.10. The van der Waals surface area contributed by atoms with Crippen LogP contribution >= 0.6 is 15.9 Å². The van der Waals surface area contributed by atoms with E-state index in [1.807, 2.05) is 32.9 Å². The van der Waals surface area contributed by atoms with E-state index in [-0.39, 0.29) is 5.41 Å². The zero-order valence-corrected chi connectivity index (χ0v) is 10.9. The fourth-order valence-corrected chi connectivity index (χ4v) is 1.93. The number of rotatable bonds is 1. The minimum Gasteiger partial charge on any atom is -0.280 e. The van der Waals surface area contributed by atoms with E-state index in [1.165, 1.54) is 0 Å². The molecule has 5 heteroatoms. The molecule has 0 saturated carbocycles. The summed E-state index contributed by atoms with van der Waals surface area (Å²) in [5.41, 5.74) is 1.27. The molecule has 0 N–H and O–H groups in total. The SMILES string of the molecule is CC(C)(C)c1nc2ccc(Br)cn2c1N=O. The Balaban J connectivity index is 2.82. The maximum atomic E-state index is 10.9. The van der Waals surface area contributed by atoms with E-state index >= 15 is 0 Å². The Morgan fingerprint density at radius 2 is 2.06 bits per heavy atom. The van der Waals surface area contributed by atoms with Crippen molar-refractivity contribution in [3.63, 3.8) is 0 Å². The lowest BCUT2D eigenvalue weighted by atomic mass is 9.92. The smallest absolute Gasteiger partial charge is 0.205 e. The van der Waals surface area contributed by atoms with Crippen molar-refractivity contribution < 1.29 is 0 Å². The quantitative estimate of drug-likeness (QED) is 0.747. The van der Waals surface area contributed by atoms with Crippen LogP contribution in [-0.2, 0) is 5.41 Å². The van der Waals surface area contributed by atoms with Crippen LogP contribution in [0.4, 0.5) is 5.82 Å². The lowest BCUT2D eigenvalue weighted by Crippen LogP contribution is -2.11. The largest absolute Gasteiger partial charge is 0.280 e. The van der Waals surface area contributed by atoms with Gasteiger partial charge in [-0.25, -0.2) is 4.98 Å². The van der Waals surface area contributed by atoms with Crippen molar-refractivity contribution in [2.75, 3.05) is 0 Å². The molecule has 0 bridgehead atoms. The van der Waals surface area contributed by atoms with Gasteiger partial charge in [0.15, 0.2) is 0 Å². The molecule has 0 aliphatic heterocycles. The number of hydrogen-bond acceptors (Lipinski definition) is 3. The summed E-state index contributed by atoms with van der Waals surface area (Å²) in [4.78, 5) is 15.4. The molecule has 0 aromatic carbocycles. The van der Waals surface area contributed by atoms with Gasteiger partial charge in [0.1, 0.15) is 5.65 Å². The summed E-state index contributed by atoms with van der Waals surface area (Å²) in [6, 6.07) is 3.75. The molecule has 0 spiro atoms. The second kappa shape index (κ2) is 3.66. The van der Waals surface area contributed by atoms with E-state index < -0.39 is 0 Å². The zero-order valence-electron chi connectivity index (χ0n) is 9.36. The van der Waals surface area contributed by atoms with Crippen molar-refractivity contribution >= 4 is 27.4 Å². The summed E-state index contributed by atoms with van der Waals surface area (Å²) < 4.78 is 2.60. The highest BCUT2D eigenvalue weighted by atomic mass is 79.9. The third kappa shape index (κ3) is 1.75. The first-order valence-corrected chi connectivity index (χ1v) is 5.74. The molecule has 0 atom stereocenters. The molecule has 2 aromatic rings. The fourth-order valence-electron chi connectivity index (χ4n) is 1.60. The van der Waals surface area contributed by atoms with E-state index in [9.17, 15) is 4.91 Å².